The highest BCUT2D eigenvalue weighted by molar-refractivity contribution is 5.53. The highest BCUT2D eigenvalue weighted by Gasteiger charge is 2.11. The summed E-state index contributed by atoms with van der Waals surface area (Å²) in [5, 5.41) is 11.1. The van der Waals surface area contributed by atoms with Crippen LogP contribution < -0.4 is 5.32 Å². The van der Waals surface area contributed by atoms with Crippen LogP contribution in [0.25, 0.3) is 0 Å². The van der Waals surface area contributed by atoms with Gasteiger partial charge in [0, 0.05) is 24.0 Å². The third kappa shape index (κ3) is 2.38. The summed E-state index contributed by atoms with van der Waals surface area (Å²) in [6, 6.07) is 4.69. The Kier molecular flexibility index (Phi) is 3.10. The zero-order valence-electron chi connectivity index (χ0n) is 8.78. The number of benzene rings is 1. The van der Waals surface area contributed by atoms with Crippen LogP contribution in [-0.4, -0.2) is 9.97 Å². The van der Waals surface area contributed by atoms with E-state index in [1.807, 2.05) is 0 Å². The van der Waals surface area contributed by atoms with Crippen LogP contribution >= 0.6 is 0 Å². The Morgan fingerprint density at radius 2 is 1.83 bits per heavy atom. The Balaban J connectivity index is 2.32. The Labute approximate surface area is 99.7 Å². The van der Waals surface area contributed by atoms with E-state index < -0.39 is 17.5 Å². The molecule has 0 atom stereocenters. The maximum absolute atomic E-state index is 12.9. The second kappa shape index (κ2) is 4.71. The first-order chi connectivity index (χ1) is 8.60. The van der Waals surface area contributed by atoms with E-state index >= 15 is 0 Å². The summed E-state index contributed by atoms with van der Waals surface area (Å²) in [4.78, 5) is 7.50. The zero-order chi connectivity index (χ0) is 13.1. The molecule has 0 radical (unpaired) electrons. The summed E-state index contributed by atoms with van der Waals surface area (Å²) in [6.45, 7) is 0. The van der Waals surface area contributed by atoms with E-state index in [1.54, 1.807) is 6.07 Å². The van der Waals surface area contributed by atoms with Gasteiger partial charge in [0.2, 0.25) is 5.95 Å². The molecule has 0 fully saturated rings. The fraction of sp³-hybridized carbons (Fsp3) is 0. The molecule has 0 amide bonds. The minimum Gasteiger partial charge on any atom is -0.324 e. The smallest absolute Gasteiger partial charge is 0.228 e. The van der Waals surface area contributed by atoms with Crippen molar-refractivity contribution in [1.29, 1.82) is 5.26 Å². The van der Waals surface area contributed by atoms with Crippen molar-refractivity contribution in [3.05, 3.63) is 47.5 Å². The van der Waals surface area contributed by atoms with E-state index in [4.69, 9.17) is 5.26 Å². The van der Waals surface area contributed by atoms with Crippen LogP contribution in [0.1, 0.15) is 5.69 Å². The summed E-state index contributed by atoms with van der Waals surface area (Å²) in [5.74, 6) is -4.21. The second-order valence-corrected chi connectivity index (χ2v) is 3.26. The molecule has 0 saturated heterocycles. The van der Waals surface area contributed by atoms with Gasteiger partial charge in [0.1, 0.15) is 11.8 Å². The quantitative estimate of drug-likeness (QED) is 0.832. The van der Waals surface area contributed by atoms with Gasteiger partial charge in [0.15, 0.2) is 17.5 Å². The molecule has 1 N–H and O–H groups in total. The van der Waals surface area contributed by atoms with E-state index in [9.17, 15) is 13.2 Å². The van der Waals surface area contributed by atoms with Crippen molar-refractivity contribution < 1.29 is 13.2 Å². The van der Waals surface area contributed by atoms with Crippen LogP contribution in [0, 0.1) is 28.8 Å². The molecule has 0 unspecified atom stereocenters. The molecule has 7 heteroatoms. The number of nitriles is 1. The van der Waals surface area contributed by atoms with Gasteiger partial charge in [-0.05, 0) is 6.07 Å². The minimum absolute atomic E-state index is 0.0144. The molecule has 1 heterocycles. The lowest BCUT2D eigenvalue weighted by molar-refractivity contribution is 0.448. The van der Waals surface area contributed by atoms with Crippen LogP contribution in [0.5, 0.6) is 0 Å². The van der Waals surface area contributed by atoms with Crippen LogP contribution in [0.3, 0.4) is 0 Å². The first-order valence-electron chi connectivity index (χ1n) is 4.75. The van der Waals surface area contributed by atoms with Crippen LogP contribution in [-0.2, 0) is 0 Å². The molecule has 0 bridgehead atoms. The molecule has 1 aromatic heterocycles. The first-order valence-corrected chi connectivity index (χ1v) is 4.75. The normalized spacial score (nSPS) is 9.89. The third-order valence-electron chi connectivity index (χ3n) is 2.01. The number of nitrogens with one attached hydrogen (secondary N) is 1. The average Bonchev–Trinajstić information content (AvgIpc) is 2.36. The van der Waals surface area contributed by atoms with Gasteiger partial charge in [-0.25, -0.2) is 23.1 Å². The maximum atomic E-state index is 12.9. The lowest BCUT2D eigenvalue weighted by atomic mass is 10.3. The molecule has 2 rings (SSSR count). The minimum atomic E-state index is -1.55. The topological polar surface area (TPSA) is 61.6 Å². The number of aromatic nitrogens is 2. The molecule has 2 aromatic rings. The van der Waals surface area contributed by atoms with Crippen molar-refractivity contribution in [2.45, 2.75) is 0 Å². The van der Waals surface area contributed by atoms with E-state index in [-0.39, 0.29) is 17.3 Å². The average molecular weight is 250 g/mol. The molecular formula is C11H5F3N4. The SMILES string of the molecule is N#Cc1ccnc(Nc2cc(F)c(F)c(F)c2)n1. The fourth-order valence-electron chi connectivity index (χ4n) is 1.24. The molecule has 18 heavy (non-hydrogen) atoms. The van der Waals surface area contributed by atoms with Gasteiger partial charge in [-0.1, -0.05) is 0 Å². The predicted octanol–water partition coefficient (Wildman–Crippen LogP) is 2.51. The molecular weight excluding hydrogens is 245 g/mol. The number of rotatable bonds is 2. The van der Waals surface area contributed by atoms with Gasteiger partial charge in [-0.15, -0.1) is 0 Å². The van der Waals surface area contributed by atoms with Crippen LogP contribution in [0.15, 0.2) is 24.4 Å². The van der Waals surface area contributed by atoms with Crippen molar-refractivity contribution in [3.8, 4) is 6.07 Å². The lowest BCUT2D eigenvalue weighted by Gasteiger charge is -2.05. The van der Waals surface area contributed by atoms with E-state index in [2.05, 4.69) is 15.3 Å². The summed E-state index contributed by atoms with van der Waals surface area (Å²) in [5.41, 5.74) is 0.0389. The van der Waals surface area contributed by atoms with Crippen molar-refractivity contribution in [3.63, 3.8) is 0 Å². The Morgan fingerprint density at radius 3 is 2.44 bits per heavy atom. The van der Waals surface area contributed by atoms with E-state index in [0.29, 0.717) is 0 Å². The van der Waals surface area contributed by atoms with Gasteiger partial charge in [-0.3, -0.25) is 0 Å². The molecule has 1 aromatic carbocycles. The van der Waals surface area contributed by atoms with Gasteiger partial charge in [0.25, 0.3) is 0 Å². The van der Waals surface area contributed by atoms with Crippen molar-refractivity contribution in [2.75, 3.05) is 5.32 Å². The van der Waals surface area contributed by atoms with Gasteiger partial charge in [0.05, 0.1) is 0 Å². The Morgan fingerprint density at radius 1 is 1.17 bits per heavy atom. The predicted molar refractivity (Wildman–Crippen MR) is 56.3 cm³/mol. The number of halogens is 3. The van der Waals surface area contributed by atoms with E-state index in [0.717, 1.165) is 12.1 Å². The molecule has 0 aliphatic heterocycles. The van der Waals surface area contributed by atoms with Crippen molar-refractivity contribution in [1.82, 2.24) is 9.97 Å². The monoisotopic (exact) mass is 250 g/mol. The summed E-state index contributed by atoms with van der Waals surface area (Å²) in [6.07, 6.45) is 1.31. The summed E-state index contributed by atoms with van der Waals surface area (Å²) in [7, 11) is 0. The number of nitrogens with zero attached hydrogens (tertiary/aromatic N) is 3. The highest BCUT2D eigenvalue weighted by atomic mass is 19.2. The maximum Gasteiger partial charge on any atom is 0.228 e. The standard InChI is InChI=1S/C11H5F3N4/c12-8-3-7(4-9(13)10(8)14)18-11-16-2-1-6(5-15)17-11/h1-4H,(H,16,17,18). The molecule has 0 saturated carbocycles. The zero-order valence-corrected chi connectivity index (χ0v) is 8.78. The van der Waals surface area contributed by atoms with Crippen molar-refractivity contribution in [2.24, 2.45) is 0 Å². The molecule has 0 aliphatic carbocycles. The fourth-order valence-corrected chi connectivity index (χ4v) is 1.24. The van der Waals surface area contributed by atoms with Crippen LogP contribution in [0.2, 0.25) is 0 Å². The first kappa shape index (κ1) is 11.9. The van der Waals surface area contributed by atoms with Gasteiger partial charge < -0.3 is 5.32 Å². The second-order valence-electron chi connectivity index (χ2n) is 3.26. The summed E-state index contributed by atoms with van der Waals surface area (Å²) >= 11 is 0. The van der Waals surface area contributed by atoms with Gasteiger partial charge >= 0.3 is 0 Å². The number of hydrogen-bond donors (Lipinski definition) is 1. The molecule has 4 nitrogen and oxygen atoms in total. The molecule has 0 aliphatic rings. The highest BCUT2D eigenvalue weighted by Crippen LogP contribution is 2.19. The van der Waals surface area contributed by atoms with E-state index in [1.165, 1.54) is 12.3 Å². The lowest BCUT2D eigenvalue weighted by Crippen LogP contribution is -2.00. The number of hydrogen-bond acceptors (Lipinski definition) is 4. The van der Waals surface area contributed by atoms with Crippen molar-refractivity contribution >= 4 is 11.6 Å². The van der Waals surface area contributed by atoms with Crippen LogP contribution in [0.4, 0.5) is 24.8 Å². The van der Waals surface area contributed by atoms with Gasteiger partial charge in [-0.2, -0.15) is 5.26 Å². The number of anilines is 2. The molecule has 90 valence electrons. The largest absolute Gasteiger partial charge is 0.324 e. The summed E-state index contributed by atoms with van der Waals surface area (Å²) < 4.78 is 38.6. The Bertz CT molecular complexity index is 613. The Hall–Kier alpha value is -2.62. The third-order valence-corrected chi connectivity index (χ3v) is 2.01. The molecule has 0 spiro atoms.